The van der Waals surface area contributed by atoms with E-state index in [4.69, 9.17) is 5.26 Å². The maximum atomic E-state index is 12.8. The second kappa shape index (κ2) is 7.83. The van der Waals surface area contributed by atoms with Gasteiger partial charge in [-0.2, -0.15) is 5.26 Å². The van der Waals surface area contributed by atoms with Gasteiger partial charge in [-0.1, -0.05) is 30.3 Å². The van der Waals surface area contributed by atoms with Gasteiger partial charge in [-0.3, -0.25) is 14.5 Å². The van der Waals surface area contributed by atoms with Crippen LogP contribution in [-0.2, 0) is 13.1 Å². The zero-order valence-electron chi connectivity index (χ0n) is 15.6. The number of benzene rings is 1. The molecular weight excluding hydrogens is 352 g/mol. The van der Waals surface area contributed by atoms with Crippen molar-refractivity contribution in [2.24, 2.45) is 5.92 Å². The fraction of sp³-hybridized carbons (Fsp3) is 0.318. The molecule has 0 radical (unpaired) electrons. The molecular formula is C22H22N4O2. The molecule has 0 unspecified atom stereocenters. The quantitative estimate of drug-likeness (QED) is 0.761. The molecule has 1 saturated heterocycles. The van der Waals surface area contributed by atoms with Gasteiger partial charge in [-0.25, -0.2) is 0 Å². The third kappa shape index (κ3) is 3.75. The number of piperidine rings is 1. The van der Waals surface area contributed by atoms with Crippen LogP contribution >= 0.6 is 0 Å². The molecule has 0 saturated carbocycles. The van der Waals surface area contributed by atoms with E-state index in [1.807, 2.05) is 12.1 Å². The van der Waals surface area contributed by atoms with Gasteiger partial charge in [0.25, 0.3) is 11.1 Å². The van der Waals surface area contributed by atoms with Gasteiger partial charge < -0.3 is 9.55 Å². The average molecular weight is 374 g/mol. The molecule has 0 atom stereocenters. The first-order valence-corrected chi connectivity index (χ1v) is 9.57. The van der Waals surface area contributed by atoms with Crippen molar-refractivity contribution in [2.45, 2.75) is 25.9 Å². The van der Waals surface area contributed by atoms with Crippen LogP contribution in [0.1, 0.15) is 24.0 Å². The van der Waals surface area contributed by atoms with E-state index in [1.54, 1.807) is 16.8 Å². The van der Waals surface area contributed by atoms with Crippen molar-refractivity contribution in [1.29, 1.82) is 5.26 Å². The zero-order chi connectivity index (χ0) is 19.5. The normalized spacial score (nSPS) is 15.5. The van der Waals surface area contributed by atoms with E-state index in [0.717, 1.165) is 32.5 Å². The molecule has 6 nitrogen and oxygen atoms in total. The molecule has 0 bridgehead atoms. The number of likely N-dealkylation sites (tertiary alicyclic amines) is 1. The minimum absolute atomic E-state index is 0.0310. The van der Waals surface area contributed by atoms with E-state index in [9.17, 15) is 9.59 Å². The number of aromatic nitrogens is 2. The summed E-state index contributed by atoms with van der Waals surface area (Å²) in [5.74, 6) is 0.445. The van der Waals surface area contributed by atoms with Gasteiger partial charge in [-0.15, -0.1) is 0 Å². The number of aromatic amines is 1. The predicted molar refractivity (Wildman–Crippen MR) is 108 cm³/mol. The van der Waals surface area contributed by atoms with Crippen LogP contribution in [0.25, 0.3) is 10.9 Å². The first kappa shape index (κ1) is 18.2. The highest BCUT2D eigenvalue weighted by molar-refractivity contribution is 5.78. The van der Waals surface area contributed by atoms with Gasteiger partial charge in [0.05, 0.1) is 10.9 Å². The number of pyridine rings is 2. The average Bonchev–Trinajstić information content (AvgIpc) is 2.72. The van der Waals surface area contributed by atoms with E-state index < -0.39 is 5.56 Å². The molecule has 1 aromatic carbocycles. The van der Waals surface area contributed by atoms with Crippen molar-refractivity contribution < 1.29 is 0 Å². The summed E-state index contributed by atoms with van der Waals surface area (Å²) in [6.45, 7) is 3.67. The molecule has 3 aromatic rings. The highest BCUT2D eigenvalue weighted by atomic mass is 16.1. The summed E-state index contributed by atoms with van der Waals surface area (Å²) in [5, 5.41) is 9.44. The fourth-order valence-corrected chi connectivity index (χ4v) is 3.91. The maximum absolute atomic E-state index is 12.8. The molecule has 1 fully saturated rings. The van der Waals surface area contributed by atoms with Crippen LogP contribution in [0.5, 0.6) is 0 Å². The Kier molecular flexibility index (Phi) is 5.09. The molecule has 0 amide bonds. The van der Waals surface area contributed by atoms with E-state index in [0.29, 0.717) is 23.4 Å². The van der Waals surface area contributed by atoms with Crippen LogP contribution in [0.4, 0.5) is 0 Å². The lowest BCUT2D eigenvalue weighted by molar-refractivity contribution is 0.166. The molecule has 0 spiro atoms. The van der Waals surface area contributed by atoms with Crippen molar-refractivity contribution in [1.82, 2.24) is 14.5 Å². The van der Waals surface area contributed by atoms with Gasteiger partial charge in [0.1, 0.15) is 11.6 Å². The lowest BCUT2D eigenvalue weighted by Crippen LogP contribution is -2.36. The Balaban J connectivity index is 1.45. The van der Waals surface area contributed by atoms with E-state index in [1.165, 1.54) is 11.6 Å². The smallest absolute Gasteiger partial charge is 0.266 e. The summed E-state index contributed by atoms with van der Waals surface area (Å²) in [4.78, 5) is 29.6. The Bertz CT molecular complexity index is 1130. The Morgan fingerprint density at radius 1 is 1.11 bits per heavy atom. The van der Waals surface area contributed by atoms with Crippen LogP contribution in [0.2, 0.25) is 0 Å². The number of fused-ring (bicyclic) bond motifs is 1. The molecule has 6 heteroatoms. The van der Waals surface area contributed by atoms with E-state index in [2.05, 4.69) is 34.1 Å². The highest BCUT2D eigenvalue weighted by Crippen LogP contribution is 2.20. The molecule has 1 aliphatic heterocycles. The van der Waals surface area contributed by atoms with Crippen molar-refractivity contribution >= 4 is 10.9 Å². The molecule has 2 aromatic heterocycles. The number of nitriles is 1. The lowest BCUT2D eigenvalue weighted by atomic mass is 9.96. The van der Waals surface area contributed by atoms with Gasteiger partial charge in [-0.05, 0) is 49.5 Å². The minimum atomic E-state index is -0.460. The number of nitrogens with one attached hydrogen (secondary N) is 1. The number of hydrogen-bond acceptors (Lipinski definition) is 4. The van der Waals surface area contributed by atoms with Gasteiger partial charge in [0, 0.05) is 19.3 Å². The first-order valence-electron chi connectivity index (χ1n) is 9.57. The Morgan fingerprint density at radius 3 is 2.57 bits per heavy atom. The van der Waals surface area contributed by atoms with Crippen molar-refractivity contribution in [3.05, 3.63) is 80.5 Å². The van der Waals surface area contributed by atoms with Gasteiger partial charge in [0.2, 0.25) is 0 Å². The first-order chi connectivity index (χ1) is 13.6. The van der Waals surface area contributed by atoms with Crippen molar-refractivity contribution in [3.63, 3.8) is 0 Å². The Morgan fingerprint density at radius 2 is 1.86 bits per heavy atom. The van der Waals surface area contributed by atoms with Gasteiger partial charge >= 0.3 is 0 Å². The molecule has 0 aliphatic carbocycles. The predicted octanol–water partition coefficient (Wildman–Crippen LogP) is 2.47. The van der Waals surface area contributed by atoms with Crippen molar-refractivity contribution in [2.75, 3.05) is 13.1 Å². The van der Waals surface area contributed by atoms with Crippen LogP contribution in [-0.4, -0.2) is 27.5 Å². The number of rotatable bonds is 4. The number of nitrogens with zero attached hydrogens (tertiary/aromatic N) is 3. The zero-order valence-corrected chi connectivity index (χ0v) is 15.6. The molecule has 28 heavy (non-hydrogen) atoms. The van der Waals surface area contributed by atoms with E-state index >= 15 is 0 Å². The highest BCUT2D eigenvalue weighted by Gasteiger charge is 2.20. The topological polar surface area (TPSA) is 81.9 Å². The van der Waals surface area contributed by atoms with Crippen LogP contribution in [0, 0.1) is 17.2 Å². The Labute approximate surface area is 162 Å². The summed E-state index contributed by atoms with van der Waals surface area (Å²) in [6.07, 6.45) is 3.84. The molecule has 142 valence electrons. The number of H-pyrrole nitrogens is 1. The molecule has 3 heterocycles. The number of hydrogen-bond donors (Lipinski definition) is 1. The van der Waals surface area contributed by atoms with Gasteiger partial charge in [0.15, 0.2) is 0 Å². The fourth-order valence-electron chi connectivity index (χ4n) is 3.91. The summed E-state index contributed by atoms with van der Waals surface area (Å²) in [5.41, 5.74) is 1.16. The third-order valence-corrected chi connectivity index (χ3v) is 5.52. The summed E-state index contributed by atoms with van der Waals surface area (Å²) < 4.78 is 1.71. The third-order valence-electron chi connectivity index (χ3n) is 5.52. The molecule has 1 aliphatic rings. The standard InChI is InChI=1S/C22H22N4O2/c23-13-18-12-19-20(24-21(18)27)8-11-26(22(19)28)15-17-6-9-25(10-7-17)14-16-4-2-1-3-5-16/h1-5,8,11-12,17H,6-7,9-10,14-15H2,(H,24,27). The maximum Gasteiger partial charge on any atom is 0.266 e. The minimum Gasteiger partial charge on any atom is -0.321 e. The second-order valence-electron chi connectivity index (χ2n) is 7.43. The second-order valence-corrected chi connectivity index (χ2v) is 7.43. The Hall–Kier alpha value is -3.17. The van der Waals surface area contributed by atoms with Crippen LogP contribution in [0.3, 0.4) is 0 Å². The summed E-state index contributed by atoms with van der Waals surface area (Å²) >= 11 is 0. The van der Waals surface area contributed by atoms with Crippen LogP contribution < -0.4 is 11.1 Å². The molecule has 1 N–H and O–H groups in total. The monoisotopic (exact) mass is 374 g/mol. The lowest BCUT2D eigenvalue weighted by Gasteiger charge is -2.32. The van der Waals surface area contributed by atoms with E-state index in [-0.39, 0.29) is 11.1 Å². The SMILES string of the molecule is N#Cc1cc2c(=O)n(CC3CCN(Cc4ccccc4)CC3)ccc2[nH]c1=O. The van der Waals surface area contributed by atoms with Crippen molar-refractivity contribution in [3.8, 4) is 6.07 Å². The molecule has 4 rings (SSSR count). The summed E-state index contributed by atoms with van der Waals surface area (Å²) in [7, 11) is 0. The summed E-state index contributed by atoms with van der Waals surface area (Å²) in [6, 6.07) is 15.5. The van der Waals surface area contributed by atoms with Crippen LogP contribution in [0.15, 0.2) is 58.3 Å². The largest absolute Gasteiger partial charge is 0.321 e.